The first-order chi connectivity index (χ1) is 8.65. The average molecular weight is 250 g/mol. The zero-order valence-corrected chi connectivity index (χ0v) is 11.4. The third-order valence-electron chi connectivity index (χ3n) is 5.53. The largest absolute Gasteiger partial charge is 0.353 e. The molecule has 3 nitrogen and oxygen atoms in total. The summed E-state index contributed by atoms with van der Waals surface area (Å²) in [4.78, 5) is 12.0. The normalized spacial score (nSPS) is 42.9. The van der Waals surface area contributed by atoms with Gasteiger partial charge in [0, 0.05) is 18.5 Å². The van der Waals surface area contributed by atoms with E-state index < -0.39 is 0 Å². The van der Waals surface area contributed by atoms with Crippen molar-refractivity contribution in [2.24, 2.45) is 29.4 Å². The lowest BCUT2D eigenvalue weighted by atomic mass is 9.54. The van der Waals surface area contributed by atoms with Gasteiger partial charge in [-0.2, -0.15) is 0 Å². The van der Waals surface area contributed by atoms with E-state index in [4.69, 9.17) is 5.73 Å². The second-order valence-electron chi connectivity index (χ2n) is 6.90. The fourth-order valence-electron chi connectivity index (χ4n) is 4.79. The van der Waals surface area contributed by atoms with Crippen LogP contribution in [0.15, 0.2) is 0 Å². The minimum Gasteiger partial charge on any atom is -0.353 e. The van der Waals surface area contributed by atoms with E-state index in [2.05, 4.69) is 5.32 Å². The van der Waals surface area contributed by atoms with Crippen molar-refractivity contribution in [3.05, 3.63) is 0 Å². The Hall–Kier alpha value is -0.570. The van der Waals surface area contributed by atoms with E-state index in [0.717, 1.165) is 30.1 Å². The molecule has 3 N–H and O–H groups in total. The van der Waals surface area contributed by atoms with Crippen molar-refractivity contribution in [3.63, 3.8) is 0 Å². The van der Waals surface area contributed by atoms with Crippen molar-refractivity contribution in [1.29, 1.82) is 0 Å². The number of hydrogen-bond donors (Lipinski definition) is 2. The van der Waals surface area contributed by atoms with Crippen LogP contribution in [0.3, 0.4) is 0 Å². The van der Waals surface area contributed by atoms with Crippen LogP contribution in [0.5, 0.6) is 0 Å². The van der Waals surface area contributed by atoms with Crippen LogP contribution in [0, 0.1) is 23.7 Å². The van der Waals surface area contributed by atoms with E-state index in [0.29, 0.717) is 12.5 Å². The van der Waals surface area contributed by atoms with Crippen LogP contribution < -0.4 is 11.1 Å². The first-order valence-electron chi connectivity index (χ1n) is 7.70. The topological polar surface area (TPSA) is 55.1 Å². The molecule has 0 spiro atoms. The summed E-state index contributed by atoms with van der Waals surface area (Å²) in [6.45, 7) is 2.04. The second-order valence-corrected chi connectivity index (χ2v) is 6.90. The number of hydrogen-bond acceptors (Lipinski definition) is 2. The van der Waals surface area contributed by atoms with E-state index in [1.54, 1.807) is 0 Å². The van der Waals surface area contributed by atoms with Gasteiger partial charge in [0.25, 0.3) is 0 Å². The van der Waals surface area contributed by atoms with Crippen LogP contribution in [0.1, 0.15) is 51.9 Å². The fraction of sp³-hybridized carbons (Fsp3) is 0.933. The molecule has 0 aliphatic heterocycles. The summed E-state index contributed by atoms with van der Waals surface area (Å²) in [5.74, 6) is 3.66. The molecule has 4 aliphatic rings. The van der Waals surface area contributed by atoms with Crippen LogP contribution in [0.2, 0.25) is 0 Å². The van der Waals surface area contributed by atoms with Crippen LogP contribution >= 0.6 is 0 Å². The van der Waals surface area contributed by atoms with Crippen LogP contribution in [0.4, 0.5) is 0 Å². The first-order valence-corrected chi connectivity index (χ1v) is 7.70. The second kappa shape index (κ2) is 4.84. The lowest BCUT2D eigenvalue weighted by Gasteiger charge is -2.54. The van der Waals surface area contributed by atoms with Gasteiger partial charge in [-0.15, -0.1) is 0 Å². The molecular weight excluding hydrogens is 224 g/mol. The minimum absolute atomic E-state index is 0.0295. The smallest absolute Gasteiger partial charge is 0.221 e. The third kappa shape index (κ3) is 2.29. The maximum atomic E-state index is 12.0. The molecule has 1 atom stereocenters. The Kier molecular flexibility index (Phi) is 3.35. The van der Waals surface area contributed by atoms with E-state index in [1.807, 2.05) is 6.92 Å². The number of nitrogens with two attached hydrogens (primary N) is 1. The molecule has 0 aromatic heterocycles. The van der Waals surface area contributed by atoms with Gasteiger partial charge in [0.1, 0.15) is 0 Å². The van der Waals surface area contributed by atoms with Gasteiger partial charge in [-0.1, -0.05) is 6.92 Å². The summed E-state index contributed by atoms with van der Waals surface area (Å²) >= 11 is 0. The summed E-state index contributed by atoms with van der Waals surface area (Å²) in [6, 6.07) is 0.496. The molecule has 0 heterocycles. The Balaban J connectivity index is 1.58. The van der Waals surface area contributed by atoms with Crippen molar-refractivity contribution in [2.75, 3.05) is 0 Å². The number of nitrogens with one attached hydrogen (secondary N) is 1. The SMILES string of the molecule is CCC(N)CC(=O)NC1C2CC3CC(C2)CC1C3. The maximum absolute atomic E-state index is 12.0. The molecule has 1 amide bonds. The Bertz CT molecular complexity index is 300. The molecule has 4 bridgehead atoms. The molecule has 0 saturated heterocycles. The summed E-state index contributed by atoms with van der Waals surface area (Å²) < 4.78 is 0. The molecule has 4 aliphatic carbocycles. The minimum atomic E-state index is 0.0295. The highest BCUT2D eigenvalue weighted by Crippen LogP contribution is 2.53. The van der Waals surface area contributed by atoms with E-state index in [9.17, 15) is 4.79 Å². The number of amides is 1. The standard InChI is InChI=1S/C15H26N2O/c1-2-13(16)8-14(18)17-15-11-4-9-3-10(6-11)7-12(15)5-9/h9-13,15H,2-8,16H2,1H3,(H,17,18). The van der Waals surface area contributed by atoms with E-state index >= 15 is 0 Å². The Morgan fingerprint density at radius 1 is 1.17 bits per heavy atom. The molecule has 1 unspecified atom stereocenters. The molecule has 0 radical (unpaired) electrons. The lowest BCUT2D eigenvalue weighted by molar-refractivity contribution is -0.125. The molecular formula is C15H26N2O. The predicted molar refractivity (Wildman–Crippen MR) is 71.9 cm³/mol. The van der Waals surface area contributed by atoms with Crippen LogP contribution in [-0.2, 0) is 4.79 Å². The molecule has 0 aromatic rings. The number of carbonyl (C=O) groups is 1. The number of carbonyl (C=O) groups excluding carboxylic acids is 1. The maximum Gasteiger partial charge on any atom is 0.221 e. The lowest BCUT2D eigenvalue weighted by Crippen LogP contribution is -2.56. The van der Waals surface area contributed by atoms with Crippen molar-refractivity contribution >= 4 is 5.91 Å². The van der Waals surface area contributed by atoms with Crippen molar-refractivity contribution in [1.82, 2.24) is 5.32 Å². The zero-order valence-electron chi connectivity index (χ0n) is 11.4. The highest BCUT2D eigenvalue weighted by molar-refractivity contribution is 5.77. The van der Waals surface area contributed by atoms with Crippen molar-refractivity contribution in [3.8, 4) is 0 Å². The summed E-state index contributed by atoms with van der Waals surface area (Å²) in [5, 5.41) is 3.31. The molecule has 102 valence electrons. The highest BCUT2D eigenvalue weighted by atomic mass is 16.1. The zero-order chi connectivity index (χ0) is 12.7. The molecule has 3 heteroatoms. The Labute approximate surface area is 110 Å². The van der Waals surface area contributed by atoms with Crippen LogP contribution in [-0.4, -0.2) is 18.0 Å². The van der Waals surface area contributed by atoms with Gasteiger partial charge < -0.3 is 11.1 Å². The van der Waals surface area contributed by atoms with Gasteiger partial charge in [0.2, 0.25) is 5.91 Å². The van der Waals surface area contributed by atoms with Gasteiger partial charge in [-0.3, -0.25) is 4.79 Å². The van der Waals surface area contributed by atoms with Crippen molar-refractivity contribution < 1.29 is 4.79 Å². The highest BCUT2D eigenvalue weighted by Gasteiger charge is 2.48. The molecule has 0 aromatic carbocycles. The monoisotopic (exact) mass is 250 g/mol. The Morgan fingerprint density at radius 3 is 2.22 bits per heavy atom. The molecule has 4 fully saturated rings. The van der Waals surface area contributed by atoms with Gasteiger partial charge >= 0.3 is 0 Å². The van der Waals surface area contributed by atoms with Gasteiger partial charge in [0.05, 0.1) is 0 Å². The van der Waals surface area contributed by atoms with Gasteiger partial charge in [-0.05, 0) is 62.2 Å². The quantitative estimate of drug-likeness (QED) is 0.802. The van der Waals surface area contributed by atoms with E-state index in [1.165, 1.54) is 32.1 Å². The Morgan fingerprint density at radius 2 is 1.72 bits per heavy atom. The summed E-state index contributed by atoms with van der Waals surface area (Å²) in [5.41, 5.74) is 5.86. The van der Waals surface area contributed by atoms with Crippen LogP contribution in [0.25, 0.3) is 0 Å². The van der Waals surface area contributed by atoms with Gasteiger partial charge in [0.15, 0.2) is 0 Å². The summed E-state index contributed by atoms with van der Waals surface area (Å²) in [7, 11) is 0. The average Bonchev–Trinajstić information content (AvgIpc) is 2.32. The fourth-order valence-corrected chi connectivity index (χ4v) is 4.79. The summed E-state index contributed by atoms with van der Waals surface area (Å²) in [6.07, 6.45) is 8.29. The van der Waals surface area contributed by atoms with Gasteiger partial charge in [-0.25, -0.2) is 0 Å². The molecule has 18 heavy (non-hydrogen) atoms. The number of rotatable bonds is 4. The predicted octanol–water partition coefficient (Wildman–Crippen LogP) is 2.05. The molecule has 4 saturated carbocycles. The van der Waals surface area contributed by atoms with E-state index in [-0.39, 0.29) is 11.9 Å². The third-order valence-corrected chi connectivity index (χ3v) is 5.53. The molecule has 4 rings (SSSR count). The first kappa shape index (κ1) is 12.5. The van der Waals surface area contributed by atoms with Crippen molar-refractivity contribution in [2.45, 2.75) is 64.0 Å².